The standard InChI is InChI=1S/C18H16N2O3S2/c1-13(21)15-3-2-4-17(10-15)25(22,23)20-11-14-5-7-19-18(9-14)16-6-8-24-12-16/h2-10,12,20H,11H2,1H3. The van der Waals surface area contributed by atoms with Crippen molar-refractivity contribution in [2.75, 3.05) is 0 Å². The molecule has 128 valence electrons. The van der Waals surface area contributed by atoms with Crippen LogP contribution < -0.4 is 4.72 Å². The van der Waals surface area contributed by atoms with Crippen molar-refractivity contribution in [2.24, 2.45) is 0 Å². The molecule has 7 heteroatoms. The van der Waals surface area contributed by atoms with Crippen LogP contribution in [-0.2, 0) is 16.6 Å². The number of rotatable bonds is 6. The lowest BCUT2D eigenvalue weighted by atomic mass is 10.1. The number of thiophene rings is 1. The summed E-state index contributed by atoms with van der Waals surface area (Å²) >= 11 is 1.58. The number of aromatic nitrogens is 1. The zero-order valence-electron chi connectivity index (χ0n) is 13.5. The van der Waals surface area contributed by atoms with Crippen LogP contribution in [0.3, 0.4) is 0 Å². The lowest BCUT2D eigenvalue weighted by Gasteiger charge is -2.08. The summed E-state index contributed by atoms with van der Waals surface area (Å²) in [6.07, 6.45) is 1.66. The summed E-state index contributed by atoms with van der Waals surface area (Å²) in [6, 6.07) is 11.6. The third-order valence-corrected chi connectivity index (χ3v) is 5.74. The zero-order valence-corrected chi connectivity index (χ0v) is 15.1. The molecule has 3 rings (SSSR count). The number of nitrogens with zero attached hydrogens (tertiary/aromatic N) is 1. The average Bonchev–Trinajstić information content (AvgIpc) is 3.15. The minimum atomic E-state index is -3.70. The quantitative estimate of drug-likeness (QED) is 0.672. The first kappa shape index (κ1) is 17.5. The molecule has 25 heavy (non-hydrogen) atoms. The fourth-order valence-electron chi connectivity index (χ4n) is 2.30. The zero-order chi connectivity index (χ0) is 17.9. The van der Waals surface area contributed by atoms with Gasteiger partial charge in [0.1, 0.15) is 0 Å². The van der Waals surface area contributed by atoms with Gasteiger partial charge in [0, 0.05) is 29.2 Å². The number of carbonyl (C=O) groups excluding carboxylic acids is 1. The molecule has 0 saturated heterocycles. The summed E-state index contributed by atoms with van der Waals surface area (Å²) < 4.78 is 27.5. The van der Waals surface area contributed by atoms with E-state index in [0.29, 0.717) is 5.56 Å². The van der Waals surface area contributed by atoms with E-state index in [0.717, 1.165) is 16.8 Å². The van der Waals surface area contributed by atoms with E-state index in [1.807, 2.05) is 22.9 Å². The van der Waals surface area contributed by atoms with Crippen molar-refractivity contribution in [1.29, 1.82) is 0 Å². The van der Waals surface area contributed by atoms with Crippen LogP contribution in [0.1, 0.15) is 22.8 Å². The van der Waals surface area contributed by atoms with Gasteiger partial charge in [-0.25, -0.2) is 13.1 Å². The van der Waals surface area contributed by atoms with Crippen molar-refractivity contribution in [2.45, 2.75) is 18.4 Å². The maximum absolute atomic E-state index is 12.5. The highest BCUT2D eigenvalue weighted by molar-refractivity contribution is 7.89. The summed E-state index contributed by atoms with van der Waals surface area (Å²) in [4.78, 5) is 15.8. The van der Waals surface area contributed by atoms with Crippen molar-refractivity contribution in [3.63, 3.8) is 0 Å². The molecule has 0 atom stereocenters. The lowest BCUT2D eigenvalue weighted by Crippen LogP contribution is -2.23. The topological polar surface area (TPSA) is 76.1 Å². The van der Waals surface area contributed by atoms with Gasteiger partial charge in [-0.05, 0) is 48.2 Å². The molecular formula is C18H16N2O3S2. The second kappa shape index (κ2) is 7.26. The van der Waals surface area contributed by atoms with E-state index < -0.39 is 10.0 Å². The van der Waals surface area contributed by atoms with Gasteiger partial charge in [-0.15, -0.1) is 0 Å². The molecule has 1 N–H and O–H groups in total. The van der Waals surface area contributed by atoms with Gasteiger partial charge in [0.2, 0.25) is 10.0 Å². The molecule has 0 aliphatic carbocycles. The molecule has 1 aromatic carbocycles. The normalized spacial score (nSPS) is 11.4. The summed E-state index contributed by atoms with van der Waals surface area (Å²) in [6.45, 7) is 1.55. The van der Waals surface area contributed by atoms with E-state index in [1.165, 1.54) is 19.1 Å². The van der Waals surface area contributed by atoms with Crippen molar-refractivity contribution in [1.82, 2.24) is 9.71 Å². The molecule has 0 spiro atoms. The van der Waals surface area contributed by atoms with Gasteiger partial charge in [-0.1, -0.05) is 12.1 Å². The number of Topliss-reactive ketones (excluding diaryl/α,β-unsaturated/α-hetero) is 1. The van der Waals surface area contributed by atoms with E-state index in [1.54, 1.807) is 35.7 Å². The lowest BCUT2D eigenvalue weighted by molar-refractivity contribution is 0.101. The second-order valence-corrected chi connectivity index (χ2v) is 8.02. The first-order valence-electron chi connectivity index (χ1n) is 7.54. The Bertz CT molecular complexity index is 997. The maximum atomic E-state index is 12.5. The van der Waals surface area contributed by atoms with Gasteiger partial charge < -0.3 is 0 Å². The Morgan fingerprint density at radius 1 is 1.20 bits per heavy atom. The molecule has 0 aliphatic rings. The highest BCUT2D eigenvalue weighted by atomic mass is 32.2. The molecule has 0 bridgehead atoms. The average molecular weight is 372 g/mol. The third-order valence-electron chi connectivity index (χ3n) is 3.66. The Morgan fingerprint density at radius 2 is 2.04 bits per heavy atom. The van der Waals surface area contributed by atoms with Gasteiger partial charge >= 0.3 is 0 Å². The predicted molar refractivity (Wildman–Crippen MR) is 98.0 cm³/mol. The van der Waals surface area contributed by atoms with Crippen LogP contribution in [0, 0.1) is 0 Å². The SMILES string of the molecule is CC(=O)c1cccc(S(=O)(=O)NCc2ccnc(-c3ccsc3)c2)c1. The highest BCUT2D eigenvalue weighted by Crippen LogP contribution is 2.21. The summed E-state index contributed by atoms with van der Waals surface area (Å²) in [5.74, 6) is -0.174. The number of nitrogens with one attached hydrogen (secondary N) is 1. The van der Waals surface area contributed by atoms with Crippen LogP contribution in [0.25, 0.3) is 11.3 Å². The Morgan fingerprint density at radius 3 is 2.76 bits per heavy atom. The third kappa shape index (κ3) is 4.19. The van der Waals surface area contributed by atoms with Crippen LogP contribution in [0.15, 0.2) is 64.3 Å². The fourth-order valence-corrected chi connectivity index (χ4v) is 4.01. The Hall–Kier alpha value is -2.35. The first-order chi connectivity index (χ1) is 12.0. The fraction of sp³-hybridized carbons (Fsp3) is 0.111. The minimum Gasteiger partial charge on any atom is -0.295 e. The Labute approximate surface area is 150 Å². The molecule has 2 aromatic heterocycles. The predicted octanol–water partition coefficient (Wildman–Crippen LogP) is 3.49. The maximum Gasteiger partial charge on any atom is 0.240 e. The highest BCUT2D eigenvalue weighted by Gasteiger charge is 2.15. The molecule has 5 nitrogen and oxygen atoms in total. The van der Waals surface area contributed by atoms with Gasteiger partial charge in [0.15, 0.2) is 5.78 Å². The number of benzene rings is 1. The summed E-state index contributed by atoms with van der Waals surface area (Å²) in [5, 5.41) is 3.96. The molecule has 0 aliphatic heterocycles. The number of carbonyl (C=O) groups is 1. The van der Waals surface area contributed by atoms with Crippen molar-refractivity contribution in [3.05, 3.63) is 70.5 Å². The molecule has 0 saturated carbocycles. The van der Waals surface area contributed by atoms with Crippen molar-refractivity contribution >= 4 is 27.1 Å². The Kier molecular flexibility index (Phi) is 5.08. The van der Waals surface area contributed by atoms with Gasteiger partial charge in [0.05, 0.1) is 10.6 Å². The van der Waals surface area contributed by atoms with Gasteiger partial charge in [-0.2, -0.15) is 11.3 Å². The minimum absolute atomic E-state index is 0.0762. The monoisotopic (exact) mass is 372 g/mol. The molecule has 0 unspecified atom stereocenters. The van der Waals surface area contributed by atoms with E-state index >= 15 is 0 Å². The largest absolute Gasteiger partial charge is 0.295 e. The van der Waals surface area contributed by atoms with E-state index in [9.17, 15) is 13.2 Å². The molecule has 0 fully saturated rings. The first-order valence-corrected chi connectivity index (χ1v) is 9.96. The van der Waals surface area contributed by atoms with Gasteiger partial charge in [-0.3, -0.25) is 9.78 Å². The molecule has 2 heterocycles. The number of sulfonamides is 1. The van der Waals surface area contributed by atoms with Crippen molar-refractivity contribution < 1.29 is 13.2 Å². The van der Waals surface area contributed by atoms with Crippen LogP contribution in [0.2, 0.25) is 0 Å². The van der Waals surface area contributed by atoms with Gasteiger partial charge in [0.25, 0.3) is 0 Å². The summed E-state index contributed by atoms with van der Waals surface area (Å²) in [7, 11) is -3.70. The molecular weight excluding hydrogens is 356 g/mol. The van der Waals surface area contributed by atoms with Crippen LogP contribution in [-0.4, -0.2) is 19.2 Å². The van der Waals surface area contributed by atoms with E-state index in [4.69, 9.17) is 0 Å². The molecule has 3 aromatic rings. The number of hydrogen-bond acceptors (Lipinski definition) is 5. The molecule has 0 radical (unpaired) electrons. The smallest absolute Gasteiger partial charge is 0.240 e. The van der Waals surface area contributed by atoms with E-state index in [-0.39, 0.29) is 17.2 Å². The molecule has 0 amide bonds. The second-order valence-electron chi connectivity index (χ2n) is 5.47. The van der Waals surface area contributed by atoms with Crippen LogP contribution in [0.5, 0.6) is 0 Å². The number of ketones is 1. The number of hydrogen-bond donors (Lipinski definition) is 1. The van der Waals surface area contributed by atoms with Crippen LogP contribution in [0.4, 0.5) is 0 Å². The number of pyridine rings is 1. The Balaban J connectivity index is 1.78. The summed E-state index contributed by atoms with van der Waals surface area (Å²) in [5.41, 5.74) is 2.98. The van der Waals surface area contributed by atoms with Crippen molar-refractivity contribution in [3.8, 4) is 11.3 Å². The van der Waals surface area contributed by atoms with E-state index in [2.05, 4.69) is 9.71 Å². The van der Waals surface area contributed by atoms with Crippen LogP contribution >= 0.6 is 11.3 Å².